The molecule has 0 bridgehead atoms. The Bertz CT molecular complexity index is 445. The molecule has 1 N–H and O–H groups in total. The fourth-order valence-corrected chi connectivity index (χ4v) is 3.07. The number of hydrogen-bond donors (Lipinski definition) is 1. The quantitative estimate of drug-likeness (QED) is 0.620. The van der Waals surface area contributed by atoms with E-state index in [1.807, 2.05) is 0 Å². The summed E-state index contributed by atoms with van der Waals surface area (Å²) in [5.41, 5.74) is 0.458. The molecule has 4 heteroatoms. The van der Waals surface area contributed by atoms with Crippen LogP contribution in [0.3, 0.4) is 0 Å². The first-order valence-electron chi connectivity index (χ1n) is 6.73. The highest BCUT2D eigenvalue weighted by Crippen LogP contribution is 2.24. The van der Waals surface area contributed by atoms with Gasteiger partial charge in [0.05, 0.1) is 10.6 Å². The molecule has 0 heterocycles. The van der Waals surface area contributed by atoms with Gasteiger partial charge in [-0.1, -0.05) is 25.3 Å². The summed E-state index contributed by atoms with van der Waals surface area (Å²) in [7, 11) is 0. The van der Waals surface area contributed by atoms with E-state index in [0.717, 1.165) is 12.8 Å². The number of ketones is 2. The SMILES string of the molecule is C=CCSC1=CC(=O)C(NC2CCCCC2)=CC1=O. The van der Waals surface area contributed by atoms with E-state index < -0.39 is 0 Å². The average molecular weight is 277 g/mol. The van der Waals surface area contributed by atoms with Gasteiger partial charge in [-0.3, -0.25) is 9.59 Å². The molecule has 102 valence electrons. The van der Waals surface area contributed by atoms with Gasteiger partial charge >= 0.3 is 0 Å². The van der Waals surface area contributed by atoms with Crippen LogP contribution in [0, 0.1) is 0 Å². The highest BCUT2D eigenvalue weighted by Gasteiger charge is 2.23. The molecule has 1 fully saturated rings. The van der Waals surface area contributed by atoms with Gasteiger partial charge in [-0.2, -0.15) is 0 Å². The van der Waals surface area contributed by atoms with Gasteiger partial charge in [0.15, 0.2) is 5.78 Å². The third-order valence-corrected chi connectivity index (χ3v) is 4.40. The van der Waals surface area contributed by atoms with E-state index in [-0.39, 0.29) is 11.6 Å². The lowest BCUT2D eigenvalue weighted by molar-refractivity contribution is -0.115. The summed E-state index contributed by atoms with van der Waals surface area (Å²) in [4.78, 5) is 24.4. The molecule has 0 aliphatic heterocycles. The molecule has 3 nitrogen and oxygen atoms in total. The number of allylic oxidation sites excluding steroid dienone is 3. The van der Waals surface area contributed by atoms with Crippen LogP contribution in [0.4, 0.5) is 0 Å². The second-order valence-electron chi connectivity index (χ2n) is 4.87. The summed E-state index contributed by atoms with van der Waals surface area (Å²) >= 11 is 1.36. The smallest absolute Gasteiger partial charge is 0.203 e. The molecular formula is C15H19NO2S. The molecule has 0 radical (unpaired) electrons. The summed E-state index contributed by atoms with van der Waals surface area (Å²) in [6, 6.07) is 0.340. The first-order valence-corrected chi connectivity index (χ1v) is 7.71. The van der Waals surface area contributed by atoms with Crippen molar-refractivity contribution >= 4 is 23.3 Å². The number of nitrogens with one attached hydrogen (secondary N) is 1. The summed E-state index contributed by atoms with van der Waals surface area (Å²) in [6.45, 7) is 3.61. The fourth-order valence-electron chi connectivity index (χ4n) is 2.38. The maximum Gasteiger partial charge on any atom is 0.203 e. The molecule has 0 amide bonds. The molecule has 19 heavy (non-hydrogen) atoms. The van der Waals surface area contributed by atoms with Crippen LogP contribution in [0.2, 0.25) is 0 Å². The summed E-state index contributed by atoms with van der Waals surface area (Å²) in [5.74, 6) is 0.478. The molecule has 2 aliphatic carbocycles. The Kier molecular flexibility index (Phi) is 5.02. The fraction of sp³-hybridized carbons (Fsp3) is 0.467. The van der Waals surface area contributed by atoms with Crippen LogP contribution in [0.5, 0.6) is 0 Å². The molecule has 0 aromatic rings. The molecule has 0 atom stereocenters. The van der Waals surface area contributed by atoms with Crippen molar-refractivity contribution in [1.29, 1.82) is 0 Å². The van der Waals surface area contributed by atoms with Gasteiger partial charge in [0.25, 0.3) is 0 Å². The second kappa shape index (κ2) is 6.75. The molecule has 0 aromatic carbocycles. The van der Waals surface area contributed by atoms with Crippen molar-refractivity contribution in [2.24, 2.45) is 0 Å². The highest BCUT2D eigenvalue weighted by molar-refractivity contribution is 8.04. The number of rotatable bonds is 5. The Morgan fingerprint density at radius 2 is 1.95 bits per heavy atom. The molecule has 0 aromatic heterocycles. The highest BCUT2D eigenvalue weighted by atomic mass is 32.2. The predicted octanol–water partition coefficient (Wildman–Crippen LogP) is 2.75. The van der Waals surface area contributed by atoms with Gasteiger partial charge < -0.3 is 5.32 Å². The standard InChI is InChI=1S/C15H19NO2S/c1-2-8-19-15-10-13(17)12(9-14(15)18)16-11-6-4-3-5-7-11/h2,9-11,16H,1,3-8H2. The van der Waals surface area contributed by atoms with Gasteiger partial charge in [0, 0.05) is 23.9 Å². The van der Waals surface area contributed by atoms with Crippen LogP contribution < -0.4 is 5.32 Å². The zero-order chi connectivity index (χ0) is 13.7. The van der Waals surface area contributed by atoms with Crippen LogP contribution in [0.25, 0.3) is 0 Å². The summed E-state index contributed by atoms with van der Waals surface area (Å²) in [6.07, 6.45) is 10.5. The van der Waals surface area contributed by atoms with Crippen molar-refractivity contribution in [3.8, 4) is 0 Å². The van der Waals surface area contributed by atoms with Crippen LogP contribution in [0.15, 0.2) is 35.4 Å². The number of hydrogen-bond acceptors (Lipinski definition) is 4. The van der Waals surface area contributed by atoms with Crippen LogP contribution in [0.1, 0.15) is 32.1 Å². The minimum absolute atomic E-state index is 0.0789. The predicted molar refractivity (Wildman–Crippen MR) is 78.8 cm³/mol. The van der Waals surface area contributed by atoms with Crippen molar-refractivity contribution in [3.05, 3.63) is 35.4 Å². The minimum atomic E-state index is -0.0864. The van der Waals surface area contributed by atoms with Crippen LogP contribution in [-0.4, -0.2) is 23.4 Å². The van der Waals surface area contributed by atoms with Crippen molar-refractivity contribution in [1.82, 2.24) is 5.32 Å². The Hall–Kier alpha value is -1.29. The first-order chi connectivity index (χ1) is 9.20. The van der Waals surface area contributed by atoms with Crippen molar-refractivity contribution in [2.45, 2.75) is 38.1 Å². The van der Waals surface area contributed by atoms with E-state index >= 15 is 0 Å². The normalized spacial score (nSPS) is 20.8. The van der Waals surface area contributed by atoms with Crippen LogP contribution >= 0.6 is 11.8 Å². The zero-order valence-corrected chi connectivity index (χ0v) is 11.8. The largest absolute Gasteiger partial charge is 0.379 e. The number of carbonyl (C=O) groups excluding carboxylic acids is 2. The Morgan fingerprint density at radius 3 is 2.63 bits per heavy atom. The topological polar surface area (TPSA) is 46.2 Å². The molecular weight excluding hydrogens is 258 g/mol. The maximum absolute atomic E-state index is 12.0. The van der Waals surface area contributed by atoms with E-state index in [0.29, 0.717) is 22.4 Å². The van der Waals surface area contributed by atoms with Gasteiger partial charge in [-0.15, -0.1) is 18.3 Å². The molecule has 0 saturated heterocycles. The lowest BCUT2D eigenvalue weighted by Crippen LogP contribution is -2.34. The van der Waals surface area contributed by atoms with Gasteiger partial charge in [-0.25, -0.2) is 0 Å². The minimum Gasteiger partial charge on any atom is -0.379 e. The third kappa shape index (κ3) is 3.83. The van der Waals surface area contributed by atoms with Crippen molar-refractivity contribution < 1.29 is 9.59 Å². The summed E-state index contributed by atoms with van der Waals surface area (Å²) < 4.78 is 0. The van der Waals surface area contributed by atoms with E-state index in [4.69, 9.17) is 0 Å². The Labute approximate surface area is 118 Å². The van der Waals surface area contributed by atoms with Gasteiger partial charge in [0.1, 0.15) is 0 Å². The second-order valence-corrected chi connectivity index (χ2v) is 5.94. The molecule has 0 unspecified atom stereocenters. The lowest BCUT2D eigenvalue weighted by atomic mass is 9.94. The van der Waals surface area contributed by atoms with Crippen molar-refractivity contribution in [3.63, 3.8) is 0 Å². The summed E-state index contributed by atoms with van der Waals surface area (Å²) in [5, 5.41) is 3.23. The number of thioether (sulfide) groups is 1. The third-order valence-electron chi connectivity index (χ3n) is 3.37. The van der Waals surface area contributed by atoms with E-state index in [9.17, 15) is 9.59 Å². The van der Waals surface area contributed by atoms with Crippen LogP contribution in [-0.2, 0) is 9.59 Å². The van der Waals surface area contributed by atoms with E-state index in [2.05, 4.69) is 11.9 Å². The molecule has 0 spiro atoms. The Morgan fingerprint density at radius 1 is 1.21 bits per heavy atom. The zero-order valence-electron chi connectivity index (χ0n) is 11.0. The molecule has 2 rings (SSSR count). The monoisotopic (exact) mass is 277 g/mol. The molecule has 2 aliphatic rings. The average Bonchev–Trinajstić information content (AvgIpc) is 2.42. The van der Waals surface area contributed by atoms with E-state index in [1.54, 1.807) is 6.08 Å². The van der Waals surface area contributed by atoms with Gasteiger partial charge in [0.2, 0.25) is 5.78 Å². The lowest BCUT2D eigenvalue weighted by Gasteiger charge is -2.25. The van der Waals surface area contributed by atoms with Crippen molar-refractivity contribution in [2.75, 3.05) is 5.75 Å². The maximum atomic E-state index is 12.0. The first kappa shape index (κ1) is 14.1. The molecule has 1 saturated carbocycles. The van der Waals surface area contributed by atoms with Gasteiger partial charge in [-0.05, 0) is 12.8 Å². The van der Waals surface area contributed by atoms with E-state index in [1.165, 1.54) is 43.2 Å². The Balaban J connectivity index is 1.98. The number of carbonyl (C=O) groups is 2.